The lowest BCUT2D eigenvalue weighted by Crippen LogP contribution is -2.42. The molecule has 0 heterocycles. The third kappa shape index (κ3) is 5.14. The van der Waals surface area contributed by atoms with E-state index in [-0.39, 0.29) is 23.6 Å². The fourth-order valence-corrected chi connectivity index (χ4v) is 1.83. The third-order valence-electron chi connectivity index (χ3n) is 2.60. The summed E-state index contributed by atoms with van der Waals surface area (Å²) in [5.74, 6) is -2.32. The molecule has 1 amide bonds. The van der Waals surface area contributed by atoms with Gasteiger partial charge in [-0.1, -0.05) is 17.7 Å². The molecule has 0 saturated carbocycles. The summed E-state index contributed by atoms with van der Waals surface area (Å²) in [5.41, 5.74) is -1.51. The van der Waals surface area contributed by atoms with Gasteiger partial charge in [0.15, 0.2) is 0 Å². The minimum atomic E-state index is -1.57. The Balaban J connectivity index is 2.59. The number of hydrogen-bond acceptors (Lipinski definition) is 3. The molecule has 1 rings (SSSR count). The number of aliphatic carboxylic acids is 1. The maximum absolute atomic E-state index is 13.5. The van der Waals surface area contributed by atoms with Crippen molar-refractivity contribution in [1.29, 1.82) is 0 Å². The normalized spacial score (nSPS) is 13.6. The van der Waals surface area contributed by atoms with Gasteiger partial charge in [-0.25, -0.2) is 4.39 Å². The summed E-state index contributed by atoms with van der Waals surface area (Å²) in [5, 5.41) is 20.8. The van der Waals surface area contributed by atoms with Crippen LogP contribution in [0.3, 0.4) is 0 Å². The van der Waals surface area contributed by atoms with Gasteiger partial charge in [-0.15, -0.1) is 0 Å². The Hall–Kier alpha value is -1.66. The largest absolute Gasteiger partial charge is 0.481 e. The molecule has 7 heteroatoms. The first-order valence-electron chi connectivity index (χ1n) is 5.85. The first-order valence-corrected chi connectivity index (χ1v) is 6.23. The first kappa shape index (κ1) is 16.4. The zero-order chi connectivity index (χ0) is 15.3. The number of hydrogen-bond donors (Lipinski definition) is 3. The lowest BCUT2D eigenvalue weighted by Gasteiger charge is -2.21. The number of carboxylic acids is 1. The standard InChI is InChI=1S/C13H15ClFNO4/c1-13(20,6-12(18)19)7-16-11(17)5-8-9(14)3-2-4-10(8)15/h2-4,20H,5-7H2,1H3,(H,16,17)(H,18,19). The lowest BCUT2D eigenvalue weighted by atomic mass is 10.0. The summed E-state index contributed by atoms with van der Waals surface area (Å²) >= 11 is 5.79. The summed E-state index contributed by atoms with van der Waals surface area (Å²) in [6.45, 7) is 1.04. The summed E-state index contributed by atoms with van der Waals surface area (Å²) in [7, 11) is 0. The topological polar surface area (TPSA) is 86.6 Å². The van der Waals surface area contributed by atoms with Crippen LogP contribution in [0.15, 0.2) is 18.2 Å². The average Bonchev–Trinajstić information content (AvgIpc) is 2.30. The van der Waals surface area contributed by atoms with Crippen molar-refractivity contribution in [3.63, 3.8) is 0 Å². The SMILES string of the molecule is CC(O)(CNC(=O)Cc1c(F)cccc1Cl)CC(=O)O. The van der Waals surface area contributed by atoms with Crippen LogP contribution in [0.2, 0.25) is 5.02 Å². The molecule has 0 aliphatic heterocycles. The highest BCUT2D eigenvalue weighted by atomic mass is 35.5. The molecular formula is C13H15ClFNO4. The van der Waals surface area contributed by atoms with Gasteiger partial charge < -0.3 is 15.5 Å². The van der Waals surface area contributed by atoms with E-state index in [1.807, 2.05) is 0 Å². The molecule has 1 aromatic carbocycles. The molecule has 20 heavy (non-hydrogen) atoms. The average molecular weight is 304 g/mol. The zero-order valence-electron chi connectivity index (χ0n) is 10.8. The highest BCUT2D eigenvalue weighted by Gasteiger charge is 2.25. The van der Waals surface area contributed by atoms with Crippen molar-refractivity contribution >= 4 is 23.5 Å². The Morgan fingerprint density at radius 2 is 2.10 bits per heavy atom. The predicted octanol–water partition coefficient (Wildman–Crippen LogP) is 1.36. The molecule has 0 aromatic heterocycles. The predicted molar refractivity (Wildman–Crippen MR) is 71.0 cm³/mol. The molecule has 3 N–H and O–H groups in total. The van der Waals surface area contributed by atoms with Crippen LogP contribution in [0, 0.1) is 5.82 Å². The number of carbonyl (C=O) groups is 2. The highest BCUT2D eigenvalue weighted by molar-refractivity contribution is 6.31. The molecule has 0 aliphatic rings. The van der Waals surface area contributed by atoms with E-state index in [1.165, 1.54) is 25.1 Å². The van der Waals surface area contributed by atoms with Gasteiger partial charge in [-0.05, 0) is 19.1 Å². The minimum absolute atomic E-state index is 0.0598. The van der Waals surface area contributed by atoms with Crippen molar-refractivity contribution in [2.24, 2.45) is 0 Å². The summed E-state index contributed by atoms with van der Waals surface area (Å²) < 4.78 is 13.5. The van der Waals surface area contributed by atoms with Gasteiger partial charge in [0.25, 0.3) is 0 Å². The monoisotopic (exact) mass is 303 g/mol. The van der Waals surface area contributed by atoms with Crippen LogP contribution in [0.5, 0.6) is 0 Å². The molecule has 1 unspecified atom stereocenters. The Labute approximate surface area is 120 Å². The highest BCUT2D eigenvalue weighted by Crippen LogP contribution is 2.19. The fraction of sp³-hybridized carbons (Fsp3) is 0.385. The van der Waals surface area contributed by atoms with Gasteiger partial charge in [0.05, 0.1) is 18.4 Å². The molecule has 110 valence electrons. The quantitative estimate of drug-likeness (QED) is 0.740. The number of amides is 1. The lowest BCUT2D eigenvalue weighted by molar-refractivity contribution is -0.142. The molecule has 0 fully saturated rings. The van der Waals surface area contributed by atoms with Gasteiger partial charge in [0, 0.05) is 17.1 Å². The van der Waals surface area contributed by atoms with E-state index >= 15 is 0 Å². The molecule has 1 aromatic rings. The van der Waals surface area contributed by atoms with E-state index in [0.29, 0.717) is 0 Å². The number of benzene rings is 1. The zero-order valence-corrected chi connectivity index (χ0v) is 11.6. The molecule has 0 radical (unpaired) electrons. The summed E-state index contributed by atoms with van der Waals surface area (Å²) in [6, 6.07) is 4.08. The second-order valence-electron chi connectivity index (χ2n) is 4.72. The van der Waals surface area contributed by atoms with Crippen LogP contribution in [-0.2, 0) is 16.0 Å². The van der Waals surface area contributed by atoms with Crippen LogP contribution < -0.4 is 5.32 Å². The first-order chi connectivity index (χ1) is 9.21. The number of carbonyl (C=O) groups excluding carboxylic acids is 1. The van der Waals surface area contributed by atoms with E-state index in [1.54, 1.807) is 0 Å². The van der Waals surface area contributed by atoms with E-state index in [2.05, 4.69) is 5.32 Å². The Kier molecular flexibility index (Phi) is 5.47. The van der Waals surface area contributed by atoms with Gasteiger partial charge >= 0.3 is 5.97 Å². The molecule has 0 spiro atoms. The van der Waals surface area contributed by atoms with Crippen LogP contribution in [0.4, 0.5) is 4.39 Å². The van der Waals surface area contributed by atoms with Gasteiger partial charge in [0.1, 0.15) is 5.82 Å². The molecule has 1 atom stereocenters. The van der Waals surface area contributed by atoms with Gasteiger partial charge in [-0.3, -0.25) is 9.59 Å². The number of halogens is 2. The molecule has 0 bridgehead atoms. The van der Waals surface area contributed by atoms with Gasteiger partial charge in [-0.2, -0.15) is 0 Å². The van der Waals surface area contributed by atoms with Crippen LogP contribution >= 0.6 is 11.6 Å². The van der Waals surface area contributed by atoms with Crippen molar-refractivity contribution in [3.05, 3.63) is 34.6 Å². The number of carboxylic acid groups (broad SMARTS) is 1. The van der Waals surface area contributed by atoms with Crippen LogP contribution in [0.25, 0.3) is 0 Å². The smallest absolute Gasteiger partial charge is 0.306 e. The van der Waals surface area contributed by atoms with Gasteiger partial charge in [0.2, 0.25) is 5.91 Å². The second-order valence-corrected chi connectivity index (χ2v) is 5.13. The number of aliphatic hydroxyl groups is 1. The van der Waals surface area contributed by atoms with Crippen molar-refractivity contribution < 1.29 is 24.2 Å². The molecule has 0 aliphatic carbocycles. The van der Waals surface area contributed by atoms with E-state index < -0.39 is 29.7 Å². The maximum atomic E-state index is 13.5. The number of rotatable bonds is 6. The van der Waals surface area contributed by atoms with Crippen molar-refractivity contribution in [2.75, 3.05) is 6.54 Å². The van der Waals surface area contributed by atoms with Crippen molar-refractivity contribution in [1.82, 2.24) is 5.32 Å². The Morgan fingerprint density at radius 1 is 1.45 bits per heavy atom. The number of nitrogens with one attached hydrogen (secondary N) is 1. The fourth-order valence-electron chi connectivity index (χ4n) is 1.60. The Bertz CT molecular complexity index is 499. The molecule has 5 nitrogen and oxygen atoms in total. The minimum Gasteiger partial charge on any atom is -0.481 e. The summed E-state index contributed by atoms with van der Waals surface area (Å²) in [6.07, 6.45) is -0.789. The van der Waals surface area contributed by atoms with E-state index in [4.69, 9.17) is 16.7 Å². The Morgan fingerprint density at radius 3 is 2.65 bits per heavy atom. The molecular weight excluding hydrogens is 289 g/mol. The van der Waals surface area contributed by atoms with Crippen molar-refractivity contribution in [2.45, 2.75) is 25.4 Å². The third-order valence-corrected chi connectivity index (χ3v) is 2.95. The van der Waals surface area contributed by atoms with Crippen LogP contribution in [-0.4, -0.2) is 34.2 Å². The molecule has 0 saturated heterocycles. The van der Waals surface area contributed by atoms with Crippen LogP contribution in [0.1, 0.15) is 18.9 Å². The van der Waals surface area contributed by atoms with E-state index in [9.17, 15) is 19.1 Å². The van der Waals surface area contributed by atoms with E-state index in [0.717, 1.165) is 0 Å². The summed E-state index contributed by atoms with van der Waals surface area (Å²) in [4.78, 5) is 22.2. The van der Waals surface area contributed by atoms with Crippen molar-refractivity contribution in [3.8, 4) is 0 Å². The second kappa shape index (κ2) is 6.67. The maximum Gasteiger partial charge on any atom is 0.306 e.